The average Bonchev–Trinajstić information content (AvgIpc) is 2.95. The lowest BCUT2D eigenvalue weighted by molar-refractivity contribution is 0.102. The largest absolute Gasteiger partial charge is 0.322 e. The standard InChI is InChI=1S/C22H28N2O3S/c1-16-11-12-19(22(25)23-21-17(2)9-8-10-18(21)3)15-20(16)28(26,27)24-13-6-4-5-7-14-24/h8-12,15H,4-7,13-14H2,1-3H3,(H,23,25). The van der Waals surface area contributed by atoms with E-state index in [9.17, 15) is 13.2 Å². The molecule has 1 fully saturated rings. The molecule has 0 atom stereocenters. The van der Waals surface area contributed by atoms with Crippen LogP contribution in [0.1, 0.15) is 52.7 Å². The zero-order valence-corrected chi connectivity index (χ0v) is 17.6. The highest BCUT2D eigenvalue weighted by Crippen LogP contribution is 2.25. The Balaban J connectivity index is 1.91. The Morgan fingerprint density at radius 1 is 0.893 bits per heavy atom. The predicted molar refractivity (Wildman–Crippen MR) is 112 cm³/mol. The summed E-state index contributed by atoms with van der Waals surface area (Å²) in [6.07, 6.45) is 3.88. The maximum atomic E-state index is 13.2. The molecule has 3 rings (SSSR count). The fourth-order valence-corrected chi connectivity index (χ4v) is 5.41. The van der Waals surface area contributed by atoms with Crippen molar-refractivity contribution < 1.29 is 13.2 Å². The number of hydrogen-bond acceptors (Lipinski definition) is 3. The zero-order valence-electron chi connectivity index (χ0n) is 16.8. The van der Waals surface area contributed by atoms with E-state index in [1.807, 2.05) is 32.0 Å². The lowest BCUT2D eigenvalue weighted by Crippen LogP contribution is -2.32. The van der Waals surface area contributed by atoms with Crippen LogP contribution in [-0.4, -0.2) is 31.7 Å². The van der Waals surface area contributed by atoms with E-state index in [2.05, 4.69) is 5.32 Å². The number of amides is 1. The first-order chi connectivity index (χ1) is 13.3. The fraction of sp³-hybridized carbons (Fsp3) is 0.409. The van der Waals surface area contributed by atoms with Crippen LogP contribution in [0.2, 0.25) is 0 Å². The molecule has 1 N–H and O–H groups in total. The van der Waals surface area contributed by atoms with Crippen molar-refractivity contribution in [1.82, 2.24) is 4.31 Å². The van der Waals surface area contributed by atoms with Gasteiger partial charge in [-0.2, -0.15) is 4.31 Å². The van der Waals surface area contributed by atoms with Gasteiger partial charge in [0.1, 0.15) is 0 Å². The second kappa shape index (κ2) is 8.45. The highest BCUT2D eigenvalue weighted by Gasteiger charge is 2.27. The molecule has 0 aromatic heterocycles. The van der Waals surface area contributed by atoms with E-state index >= 15 is 0 Å². The van der Waals surface area contributed by atoms with Crippen LogP contribution in [-0.2, 0) is 10.0 Å². The van der Waals surface area contributed by atoms with Gasteiger partial charge in [-0.15, -0.1) is 0 Å². The molecular formula is C22H28N2O3S. The summed E-state index contributed by atoms with van der Waals surface area (Å²) >= 11 is 0. The Labute approximate surface area is 167 Å². The smallest absolute Gasteiger partial charge is 0.255 e. The Morgan fingerprint density at radius 2 is 1.50 bits per heavy atom. The minimum absolute atomic E-state index is 0.226. The molecule has 0 radical (unpaired) electrons. The summed E-state index contributed by atoms with van der Waals surface area (Å²) in [7, 11) is -3.61. The van der Waals surface area contributed by atoms with E-state index in [4.69, 9.17) is 0 Å². The first-order valence-corrected chi connectivity index (χ1v) is 11.2. The number of carbonyl (C=O) groups excluding carboxylic acids is 1. The van der Waals surface area contributed by atoms with Gasteiger partial charge in [0, 0.05) is 24.3 Å². The van der Waals surface area contributed by atoms with Crippen molar-refractivity contribution in [3.05, 3.63) is 58.7 Å². The van der Waals surface area contributed by atoms with E-state index in [1.165, 1.54) is 6.07 Å². The van der Waals surface area contributed by atoms with Gasteiger partial charge in [-0.05, 0) is 62.4 Å². The van der Waals surface area contributed by atoms with Crippen molar-refractivity contribution in [2.75, 3.05) is 18.4 Å². The molecule has 2 aromatic carbocycles. The van der Waals surface area contributed by atoms with E-state index in [0.29, 0.717) is 24.2 Å². The van der Waals surface area contributed by atoms with Crippen LogP contribution in [0.4, 0.5) is 5.69 Å². The third-order valence-corrected chi connectivity index (χ3v) is 7.39. The van der Waals surface area contributed by atoms with Crippen LogP contribution in [0, 0.1) is 20.8 Å². The molecule has 1 saturated heterocycles. The van der Waals surface area contributed by atoms with Gasteiger partial charge in [-0.25, -0.2) is 8.42 Å². The Morgan fingerprint density at radius 3 is 2.11 bits per heavy atom. The highest BCUT2D eigenvalue weighted by atomic mass is 32.2. The highest BCUT2D eigenvalue weighted by molar-refractivity contribution is 7.89. The number of nitrogens with one attached hydrogen (secondary N) is 1. The topological polar surface area (TPSA) is 66.5 Å². The monoisotopic (exact) mass is 400 g/mol. The van der Waals surface area contributed by atoms with Crippen LogP contribution >= 0.6 is 0 Å². The van der Waals surface area contributed by atoms with Crippen molar-refractivity contribution in [2.24, 2.45) is 0 Å². The van der Waals surface area contributed by atoms with Crippen molar-refractivity contribution in [3.63, 3.8) is 0 Å². The molecule has 1 amide bonds. The maximum absolute atomic E-state index is 13.2. The minimum Gasteiger partial charge on any atom is -0.322 e. The number of sulfonamides is 1. The van der Waals surface area contributed by atoms with Gasteiger partial charge in [0.05, 0.1) is 4.90 Å². The quantitative estimate of drug-likeness (QED) is 0.826. The van der Waals surface area contributed by atoms with E-state index < -0.39 is 10.0 Å². The third-order valence-electron chi connectivity index (χ3n) is 5.35. The minimum atomic E-state index is -3.61. The molecular weight excluding hydrogens is 372 g/mol. The summed E-state index contributed by atoms with van der Waals surface area (Å²) in [6.45, 7) is 6.74. The molecule has 28 heavy (non-hydrogen) atoms. The van der Waals surface area contributed by atoms with Crippen LogP contribution in [0.15, 0.2) is 41.3 Å². The first-order valence-electron chi connectivity index (χ1n) is 9.79. The summed E-state index contributed by atoms with van der Waals surface area (Å²) in [6, 6.07) is 10.7. The number of hydrogen-bond donors (Lipinski definition) is 1. The van der Waals surface area contributed by atoms with Crippen LogP contribution in [0.25, 0.3) is 0 Å². The second-order valence-corrected chi connectivity index (χ2v) is 9.43. The van der Waals surface area contributed by atoms with Gasteiger partial charge in [0.2, 0.25) is 10.0 Å². The average molecular weight is 401 g/mol. The molecule has 0 bridgehead atoms. The van der Waals surface area contributed by atoms with Gasteiger partial charge < -0.3 is 5.32 Å². The number of benzene rings is 2. The molecule has 0 saturated carbocycles. The molecule has 0 aliphatic carbocycles. The van der Waals surface area contributed by atoms with Gasteiger partial charge >= 0.3 is 0 Å². The van der Waals surface area contributed by atoms with Crippen LogP contribution in [0.5, 0.6) is 0 Å². The van der Waals surface area contributed by atoms with Gasteiger partial charge in [0.15, 0.2) is 0 Å². The summed E-state index contributed by atoms with van der Waals surface area (Å²) in [5.41, 5.74) is 3.72. The number of anilines is 1. The van der Waals surface area contributed by atoms with E-state index in [0.717, 1.165) is 42.5 Å². The molecule has 2 aromatic rings. The van der Waals surface area contributed by atoms with Crippen molar-refractivity contribution in [1.29, 1.82) is 0 Å². The first kappa shape index (κ1) is 20.6. The van der Waals surface area contributed by atoms with Gasteiger partial charge in [-0.3, -0.25) is 4.79 Å². The zero-order chi connectivity index (χ0) is 20.3. The number of carbonyl (C=O) groups is 1. The van der Waals surface area contributed by atoms with Gasteiger partial charge in [0.25, 0.3) is 5.91 Å². The Kier molecular flexibility index (Phi) is 6.20. The van der Waals surface area contributed by atoms with Crippen molar-refractivity contribution in [2.45, 2.75) is 51.3 Å². The van der Waals surface area contributed by atoms with Crippen LogP contribution in [0.3, 0.4) is 0 Å². The second-order valence-electron chi connectivity index (χ2n) is 7.52. The summed E-state index contributed by atoms with van der Waals surface area (Å²) in [4.78, 5) is 13.0. The number of nitrogens with zero attached hydrogens (tertiary/aromatic N) is 1. The number of aryl methyl sites for hydroxylation is 3. The maximum Gasteiger partial charge on any atom is 0.255 e. The number of rotatable bonds is 4. The molecule has 1 aliphatic rings. The molecule has 1 aliphatic heterocycles. The fourth-order valence-electron chi connectivity index (χ4n) is 3.64. The van der Waals surface area contributed by atoms with E-state index in [1.54, 1.807) is 23.4 Å². The molecule has 6 heteroatoms. The molecule has 0 unspecified atom stereocenters. The summed E-state index contributed by atoms with van der Waals surface area (Å²) in [5, 5.41) is 2.94. The summed E-state index contributed by atoms with van der Waals surface area (Å²) < 4.78 is 28.0. The predicted octanol–water partition coefficient (Wildman–Crippen LogP) is 4.43. The lowest BCUT2D eigenvalue weighted by atomic mass is 10.1. The van der Waals surface area contributed by atoms with Crippen molar-refractivity contribution in [3.8, 4) is 0 Å². The number of para-hydroxylation sites is 1. The Bertz CT molecular complexity index is 955. The normalized spacial score (nSPS) is 15.8. The molecule has 150 valence electrons. The van der Waals surface area contributed by atoms with Crippen LogP contribution < -0.4 is 5.32 Å². The van der Waals surface area contributed by atoms with E-state index in [-0.39, 0.29) is 10.8 Å². The molecule has 5 nitrogen and oxygen atoms in total. The molecule has 1 heterocycles. The Hall–Kier alpha value is -2.18. The molecule has 0 spiro atoms. The van der Waals surface area contributed by atoms with Gasteiger partial charge in [-0.1, -0.05) is 37.1 Å². The lowest BCUT2D eigenvalue weighted by Gasteiger charge is -2.21. The van der Waals surface area contributed by atoms with Crippen molar-refractivity contribution >= 4 is 21.6 Å². The third kappa shape index (κ3) is 4.28. The summed E-state index contributed by atoms with van der Waals surface area (Å²) in [5.74, 6) is -0.301. The SMILES string of the molecule is Cc1ccc(C(=O)Nc2c(C)cccc2C)cc1S(=O)(=O)N1CCCCCC1.